The molecule has 1 aliphatic heterocycles. The number of hydrogen-bond donors (Lipinski definition) is 5. The zero-order valence-corrected chi connectivity index (χ0v) is 9.29. The average Bonchev–Trinajstić information content (AvgIpc) is 2.64. The first-order valence-electron chi connectivity index (χ1n) is 4.94. The number of carboxylic acids is 2. The lowest BCUT2D eigenvalue weighted by atomic mass is 10.2. The van der Waals surface area contributed by atoms with Crippen LogP contribution in [-0.4, -0.2) is 51.4 Å². The Bertz CT molecular complexity index is 304. The van der Waals surface area contributed by atoms with E-state index in [2.05, 4.69) is 5.32 Å². The predicted molar refractivity (Wildman–Crippen MR) is 56.1 cm³/mol. The average molecular weight is 248 g/mol. The molecule has 3 atom stereocenters. The van der Waals surface area contributed by atoms with Crippen molar-refractivity contribution >= 4 is 17.8 Å². The maximum absolute atomic E-state index is 10.4. The van der Waals surface area contributed by atoms with Crippen LogP contribution in [0.4, 0.5) is 0 Å². The second-order valence-corrected chi connectivity index (χ2v) is 3.60. The Kier molecular flexibility index (Phi) is 6.15. The monoisotopic (exact) mass is 248 g/mol. The Labute approximate surface area is 97.4 Å². The third-order valence-electron chi connectivity index (χ3n) is 2.10. The van der Waals surface area contributed by atoms with Gasteiger partial charge in [-0.1, -0.05) is 0 Å². The first kappa shape index (κ1) is 15.3. The summed E-state index contributed by atoms with van der Waals surface area (Å²) in [5.74, 6) is -2.29. The largest absolute Gasteiger partial charge is 0.480 e. The Morgan fingerprint density at radius 1 is 1.47 bits per heavy atom. The van der Waals surface area contributed by atoms with Crippen LogP contribution in [0.2, 0.25) is 0 Å². The number of aliphatic carboxylic acids is 2. The van der Waals surface area contributed by atoms with Crippen molar-refractivity contribution in [2.24, 2.45) is 5.73 Å². The zero-order valence-electron chi connectivity index (χ0n) is 9.29. The highest BCUT2D eigenvalue weighted by molar-refractivity contribution is 5.87. The summed E-state index contributed by atoms with van der Waals surface area (Å²) >= 11 is 0. The molecule has 0 aromatic carbocycles. The van der Waals surface area contributed by atoms with Crippen LogP contribution in [0.15, 0.2) is 0 Å². The van der Waals surface area contributed by atoms with Crippen LogP contribution in [0.3, 0.4) is 0 Å². The normalized spacial score (nSPS) is 21.8. The van der Waals surface area contributed by atoms with Crippen molar-refractivity contribution in [1.29, 1.82) is 0 Å². The second-order valence-electron chi connectivity index (χ2n) is 3.60. The number of carbonyl (C=O) groups excluding carboxylic acids is 1. The number of nitrogens with two attached hydrogens (primary N) is 1. The van der Waals surface area contributed by atoms with E-state index in [1.54, 1.807) is 0 Å². The fourth-order valence-corrected chi connectivity index (χ4v) is 1.01. The minimum absolute atomic E-state index is 0.164. The molecule has 0 spiro atoms. The first-order chi connectivity index (χ1) is 7.75. The fraction of sp³-hybridized carbons (Fsp3) is 0.667. The highest BCUT2D eigenvalue weighted by atomic mass is 16.4. The molecule has 0 aliphatic carbocycles. The first-order valence-corrected chi connectivity index (χ1v) is 4.94. The predicted octanol–water partition coefficient (Wildman–Crippen LogP) is -1.87. The number of carbonyl (C=O) groups is 3. The van der Waals surface area contributed by atoms with Gasteiger partial charge in [0.2, 0.25) is 5.91 Å². The van der Waals surface area contributed by atoms with Gasteiger partial charge < -0.3 is 26.4 Å². The van der Waals surface area contributed by atoms with Crippen LogP contribution in [0.25, 0.3) is 0 Å². The molecule has 8 nitrogen and oxygen atoms in total. The van der Waals surface area contributed by atoms with E-state index in [1.807, 2.05) is 0 Å². The Morgan fingerprint density at radius 3 is 2.12 bits per heavy atom. The second kappa shape index (κ2) is 6.81. The maximum Gasteiger partial charge on any atom is 0.326 e. The van der Waals surface area contributed by atoms with Crippen molar-refractivity contribution < 1.29 is 29.7 Å². The summed E-state index contributed by atoms with van der Waals surface area (Å²) in [6.45, 7) is 1.33. The molecule has 1 heterocycles. The number of rotatable bonds is 3. The van der Waals surface area contributed by atoms with E-state index in [9.17, 15) is 14.4 Å². The summed E-state index contributed by atoms with van der Waals surface area (Å²) in [7, 11) is 0. The van der Waals surface area contributed by atoms with Gasteiger partial charge in [0, 0.05) is 6.42 Å². The molecule has 1 aliphatic rings. The number of aliphatic hydroxyl groups is 1. The van der Waals surface area contributed by atoms with Gasteiger partial charge in [0.15, 0.2) is 0 Å². The van der Waals surface area contributed by atoms with Crippen molar-refractivity contribution in [1.82, 2.24) is 5.32 Å². The van der Waals surface area contributed by atoms with Crippen LogP contribution in [0, 0.1) is 0 Å². The Morgan fingerprint density at radius 2 is 2.00 bits per heavy atom. The van der Waals surface area contributed by atoms with E-state index in [1.165, 1.54) is 6.92 Å². The number of aliphatic hydroxyl groups excluding tert-OH is 1. The third-order valence-corrected chi connectivity index (χ3v) is 2.10. The van der Waals surface area contributed by atoms with Crippen LogP contribution in [0.5, 0.6) is 0 Å². The molecular weight excluding hydrogens is 232 g/mol. The molecule has 0 bridgehead atoms. The van der Waals surface area contributed by atoms with Gasteiger partial charge in [0.25, 0.3) is 0 Å². The summed E-state index contributed by atoms with van der Waals surface area (Å²) in [6, 6.07) is -1.80. The molecule has 0 saturated carbocycles. The number of hydrogen-bond acceptors (Lipinski definition) is 5. The minimum Gasteiger partial charge on any atom is -0.480 e. The molecule has 1 fully saturated rings. The molecule has 0 aromatic heterocycles. The molecule has 8 heteroatoms. The van der Waals surface area contributed by atoms with E-state index in [-0.39, 0.29) is 5.91 Å². The van der Waals surface area contributed by atoms with E-state index >= 15 is 0 Å². The number of amides is 1. The molecule has 17 heavy (non-hydrogen) atoms. The molecular formula is C9H16N2O6. The summed E-state index contributed by atoms with van der Waals surface area (Å²) in [4.78, 5) is 30.4. The maximum atomic E-state index is 10.4. The van der Waals surface area contributed by atoms with Gasteiger partial charge in [0.05, 0.1) is 6.10 Å². The lowest BCUT2D eigenvalue weighted by Gasteiger charge is -2.06. The summed E-state index contributed by atoms with van der Waals surface area (Å²) in [5.41, 5.74) is 4.91. The molecule has 0 radical (unpaired) electrons. The molecule has 1 amide bonds. The number of nitrogens with one attached hydrogen (secondary N) is 1. The fourth-order valence-electron chi connectivity index (χ4n) is 1.01. The van der Waals surface area contributed by atoms with Crippen LogP contribution in [-0.2, 0) is 14.4 Å². The zero-order chi connectivity index (χ0) is 13.6. The minimum atomic E-state index is -1.18. The molecule has 1 rings (SSSR count). The molecule has 0 aromatic rings. The summed E-state index contributed by atoms with van der Waals surface area (Å²) in [5, 5.41) is 27.2. The summed E-state index contributed by atoms with van der Waals surface area (Å²) < 4.78 is 0. The highest BCUT2D eigenvalue weighted by Gasteiger charge is 2.26. The summed E-state index contributed by atoms with van der Waals surface area (Å²) in [6.07, 6.45) is -0.210. The van der Waals surface area contributed by atoms with Crippen LogP contribution < -0.4 is 11.1 Å². The van der Waals surface area contributed by atoms with Gasteiger partial charge in [-0.3, -0.25) is 9.59 Å². The van der Waals surface area contributed by atoms with Crippen molar-refractivity contribution in [2.75, 3.05) is 0 Å². The van der Waals surface area contributed by atoms with Gasteiger partial charge >= 0.3 is 11.9 Å². The quantitative estimate of drug-likeness (QED) is 0.392. The van der Waals surface area contributed by atoms with Gasteiger partial charge in [-0.15, -0.1) is 0 Å². The Balaban J connectivity index is 0.000000304. The lowest BCUT2D eigenvalue weighted by Crippen LogP contribution is -2.39. The molecule has 1 unspecified atom stereocenters. The van der Waals surface area contributed by atoms with Crippen molar-refractivity contribution in [3.05, 3.63) is 0 Å². The van der Waals surface area contributed by atoms with Gasteiger partial charge in [-0.25, -0.2) is 4.79 Å². The van der Waals surface area contributed by atoms with Crippen LogP contribution in [0.1, 0.15) is 19.8 Å². The van der Waals surface area contributed by atoms with Crippen molar-refractivity contribution in [3.63, 3.8) is 0 Å². The van der Waals surface area contributed by atoms with E-state index in [0.717, 1.165) is 0 Å². The SMILES string of the molecule is CC(O)[C@H](N)C(=O)O.O=C1CC[C@@H](C(=O)O)N1. The van der Waals surface area contributed by atoms with Gasteiger partial charge in [0.1, 0.15) is 12.1 Å². The van der Waals surface area contributed by atoms with Crippen LogP contribution >= 0.6 is 0 Å². The highest BCUT2D eigenvalue weighted by Crippen LogP contribution is 2.05. The van der Waals surface area contributed by atoms with Gasteiger partial charge in [-0.05, 0) is 13.3 Å². The topological polar surface area (TPSA) is 150 Å². The van der Waals surface area contributed by atoms with Gasteiger partial charge in [-0.2, -0.15) is 0 Å². The molecule has 98 valence electrons. The Hall–Kier alpha value is -1.67. The van der Waals surface area contributed by atoms with Crippen molar-refractivity contribution in [3.8, 4) is 0 Å². The van der Waals surface area contributed by atoms with E-state index < -0.39 is 30.1 Å². The van der Waals surface area contributed by atoms with E-state index in [0.29, 0.717) is 12.8 Å². The standard InChI is InChI=1S/C5H7NO3.C4H9NO3/c7-4-2-1-3(6-4)5(8)9;1-2(6)3(5)4(7)8/h3H,1-2H2,(H,6,7)(H,8,9);2-3,6H,5H2,1H3,(H,7,8)/t3-;2?,3-/m00/s1. The smallest absolute Gasteiger partial charge is 0.326 e. The lowest BCUT2D eigenvalue weighted by molar-refractivity contribution is -0.141. The third kappa shape index (κ3) is 5.83. The molecule has 6 N–H and O–H groups in total. The number of carboxylic acid groups (broad SMARTS) is 2. The van der Waals surface area contributed by atoms with E-state index in [4.69, 9.17) is 21.1 Å². The van der Waals surface area contributed by atoms with Crippen molar-refractivity contribution in [2.45, 2.75) is 38.0 Å². The molecule has 1 saturated heterocycles.